The Kier molecular flexibility index (Phi) is 4.32. The van der Waals surface area contributed by atoms with Crippen molar-refractivity contribution in [2.24, 2.45) is 12.8 Å². The van der Waals surface area contributed by atoms with Crippen molar-refractivity contribution >= 4 is 28.8 Å². The van der Waals surface area contributed by atoms with Crippen molar-refractivity contribution in [3.63, 3.8) is 0 Å². The highest BCUT2D eigenvalue weighted by Crippen LogP contribution is 2.20. The number of anilines is 1. The zero-order valence-corrected chi connectivity index (χ0v) is 12.5. The third-order valence-electron chi connectivity index (χ3n) is 3.03. The molecule has 0 aliphatic carbocycles. The molecule has 0 aliphatic rings. The maximum absolute atomic E-state index is 13.8. The molecule has 0 bridgehead atoms. The van der Waals surface area contributed by atoms with Crippen LogP contribution in [0.1, 0.15) is 28.7 Å². The first-order valence-corrected chi connectivity index (χ1v) is 6.77. The molecule has 0 fully saturated rings. The number of carbonyl (C=O) groups is 1. The molecule has 0 saturated heterocycles. The number of hydrogen-bond acceptors (Lipinski definition) is 3. The number of halogens is 1. The topological polar surface area (TPSA) is 72.9 Å². The van der Waals surface area contributed by atoms with E-state index in [1.54, 1.807) is 19.2 Å². The molecule has 21 heavy (non-hydrogen) atoms. The smallest absolute Gasteiger partial charge is 0.273 e. The lowest BCUT2D eigenvalue weighted by Gasteiger charge is -2.10. The Balaban J connectivity index is 2.34. The van der Waals surface area contributed by atoms with Crippen LogP contribution in [0.5, 0.6) is 0 Å². The number of thiocarbonyl (C=S) groups is 1. The van der Waals surface area contributed by atoms with Crippen molar-refractivity contribution < 1.29 is 9.18 Å². The molecular formula is C14H15FN4OS. The van der Waals surface area contributed by atoms with Crippen molar-refractivity contribution in [1.29, 1.82) is 0 Å². The van der Waals surface area contributed by atoms with E-state index in [9.17, 15) is 9.18 Å². The number of aromatic nitrogens is 2. The lowest BCUT2D eigenvalue weighted by molar-refractivity contribution is 0.101. The fourth-order valence-corrected chi connectivity index (χ4v) is 2.18. The molecule has 1 heterocycles. The summed E-state index contributed by atoms with van der Waals surface area (Å²) in [6.07, 6.45) is 0.721. The van der Waals surface area contributed by atoms with Crippen molar-refractivity contribution in [3.05, 3.63) is 47.0 Å². The zero-order valence-electron chi connectivity index (χ0n) is 11.7. The Morgan fingerprint density at radius 1 is 1.52 bits per heavy atom. The summed E-state index contributed by atoms with van der Waals surface area (Å²) in [5, 5.41) is 6.82. The van der Waals surface area contributed by atoms with E-state index in [4.69, 9.17) is 18.0 Å². The number of nitrogens with two attached hydrogens (primary N) is 1. The lowest BCUT2D eigenvalue weighted by atomic mass is 10.1. The van der Waals surface area contributed by atoms with E-state index < -0.39 is 11.7 Å². The molecule has 0 aliphatic heterocycles. The molecule has 7 heteroatoms. The van der Waals surface area contributed by atoms with Crippen LogP contribution in [0.3, 0.4) is 0 Å². The molecular weight excluding hydrogens is 291 g/mol. The van der Waals surface area contributed by atoms with Gasteiger partial charge in [-0.3, -0.25) is 9.48 Å². The number of amides is 1. The first-order chi connectivity index (χ1) is 9.93. The molecule has 1 amide bonds. The van der Waals surface area contributed by atoms with Gasteiger partial charge in [-0.15, -0.1) is 0 Å². The van der Waals surface area contributed by atoms with Gasteiger partial charge in [-0.2, -0.15) is 5.10 Å². The minimum atomic E-state index is -0.570. The first-order valence-electron chi connectivity index (χ1n) is 6.36. The Bertz CT molecular complexity index is 711. The molecule has 1 aromatic carbocycles. The second-order valence-corrected chi connectivity index (χ2v) is 4.92. The maximum atomic E-state index is 13.8. The van der Waals surface area contributed by atoms with Gasteiger partial charge in [-0.25, -0.2) is 4.39 Å². The number of hydrogen-bond donors (Lipinski definition) is 2. The van der Waals surface area contributed by atoms with Gasteiger partial charge in [0.05, 0.1) is 16.9 Å². The van der Waals surface area contributed by atoms with Crippen LogP contribution in [0.4, 0.5) is 10.1 Å². The van der Waals surface area contributed by atoms with Gasteiger partial charge in [-0.05, 0) is 24.6 Å². The molecule has 110 valence electrons. The van der Waals surface area contributed by atoms with E-state index in [1.807, 2.05) is 6.92 Å². The van der Waals surface area contributed by atoms with Crippen LogP contribution in [0, 0.1) is 5.82 Å². The fourth-order valence-electron chi connectivity index (χ4n) is 1.98. The number of rotatable bonds is 4. The summed E-state index contributed by atoms with van der Waals surface area (Å²) in [4.78, 5) is 12.2. The first kappa shape index (κ1) is 15.1. The van der Waals surface area contributed by atoms with E-state index in [1.165, 1.54) is 16.8 Å². The molecule has 2 rings (SSSR count). The molecule has 3 N–H and O–H groups in total. The summed E-state index contributed by atoms with van der Waals surface area (Å²) >= 11 is 4.82. The van der Waals surface area contributed by atoms with Crippen molar-refractivity contribution in [2.75, 3.05) is 5.32 Å². The van der Waals surface area contributed by atoms with Gasteiger partial charge in [0.15, 0.2) is 0 Å². The van der Waals surface area contributed by atoms with E-state index in [0.717, 1.165) is 12.1 Å². The third kappa shape index (κ3) is 3.08. The van der Waals surface area contributed by atoms with Crippen LogP contribution in [-0.2, 0) is 13.5 Å². The standard InChI is InChI=1S/C14H15FN4OS/c1-3-8-7-11(19(2)18-8)14(20)17-10-6-4-5-9(15)12(10)13(16)21/h4-7H,3H2,1-2H3,(H2,16,21)(H,17,20). The van der Waals surface area contributed by atoms with Gasteiger partial charge in [0, 0.05) is 7.05 Å². The Labute approximate surface area is 126 Å². The van der Waals surface area contributed by atoms with E-state index in [-0.39, 0.29) is 16.2 Å². The van der Waals surface area contributed by atoms with Crippen LogP contribution in [0.15, 0.2) is 24.3 Å². The zero-order chi connectivity index (χ0) is 15.6. The number of nitrogens with zero attached hydrogens (tertiary/aromatic N) is 2. The minimum Gasteiger partial charge on any atom is -0.389 e. The largest absolute Gasteiger partial charge is 0.389 e. The number of aryl methyl sites for hydroxylation is 2. The highest BCUT2D eigenvalue weighted by atomic mass is 32.1. The molecule has 0 radical (unpaired) electrons. The maximum Gasteiger partial charge on any atom is 0.273 e. The SMILES string of the molecule is CCc1cc(C(=O)Nc2cccc(F)c2C(N)=S)n(C)n1. The Morgan fingerprint density at radius 3 is 2.81 bits per heavy atom. The number of carbonyl (C=O) groups excluding carboxylic acids is 1. The highest BCUT2D eigenvalue weighted by Gasteiger charge is 2.17. The van der Waals surface area contributed by atoms with Crippen LogP contribution in [0.2, 0.25) is 0 Å². The molecule has 0 spiro atoms. The van der Waals surface area contributed by atoms with E-state index >= 15 is 0 Å². The summed E-state index contributed by atoms with van der Waals surface area (Å²) < 4.78 is 15.2. The van der Waals surface area contributed by atoms with Gasteiger partial charge >= 0.3 is 0 Å². The summed E-state index contributed by atoms with van der Waals surface area (Å²) in [5.41, 5.74) is 6.96. The van der Waals surface area contributed by atoms with Gasteiger partial charge in [0.25, 0.3) is 5.91 Å². The van der Waals surface area contributed by atoms with Gasteiger partial charge in [0.1, 0.15) is 16.5 Å². The predicted molar refractivity (Wildman–Crippen MR) is 82.8 cm³/mol. The van der Waals surface area contributed by atoms with Crippen LogP contribution >= 0.6 is 12.2 Å². The molecule has 1 aromatic heterocycles. The summed E-state index contributed by atoms with van der Waals surface area (Å²) in [6.45, 7) is 1.95. The van der Waals surface area contributed by atoms with Gasteiger partial charge in [0.2, 0.25) is 0 Å². The average molecular weight is 306 g/mol. The molecule has 2 aromatic rings. The fraction of sp³-hybridized carbons (Fsp3) is 0.214. The van der Waals surface area contributed by atoms with Crippen molar-refractivity contribution in [3.8, 4) is 0 Å². The molecule has 5 nitrogen and oxygen atoms in total. The van der Waals surface area contributed by atoms with E-state index in [0.29, 0.717) is 5.69 Å². The Morgan fingerprint density at radius 2 is 2.24 bits per heavy atom. The van der Waals surface area contributed by atoms with Gasteiger partial charge < -0.3 is 11.1 Å². The van der Waals surface area contributed by atoms with E-state index in [2.05, 4.69) is 10.4 Å². The van der Waals surface area contributed by atoms with Crippen LogP contribution in [0.25, 0.3) is 0 Å². The normalized spacial score (nSPS) is 10.4. The minimum absolute atomic E-state index is 0.0266. The molecule has 0 saturated carbocycles. The average Bonchev–Trinajstić information content (AvgIpc) is 2.79. The second kappa shape index (κ2) is 6.01. The summed E-state index contributed by atoms with van der Waals surface area (Å²) in [6, 6.07) is 5.96. The highest BCUT2D eigenvalue weighted by molar-refractivity contribution is 7.80. The monoisotopic (exact) mass is 306 g/mol. The van der Waals surface area contributed by atoms with Crippen molar-refractivity contribution in [1.82, 2.24) is 9.78 Å². The van der Waals surface area contributed by atoms with Crippen LogP contribution < -0.4 is 11.1 Å². The quantitative estimate of drug-likeness (QED) is 0.848. The lowest BCUT2D eigenvalue weighted by Crippen LogP contribution is -2.20. The number of nitrogens with one attached hydrogen (secondary N) is 1. The predicted octanol–water partition coefficient (Wildman–Crippen LogP) is 2.01. The summed E-state index contributed by atoms with van der Waals surface area (Å²) in [5.74, 6) is -0.965. The molecule has 0 unspecified atom stereocenters. The summed E-state index contributed by atoms with van der Waals surface area (Å²) in [7, 11) is 1.67. The van der Waals surface area contributed by atoms with Crippen molar-refractivity contribution in [2.45, 2.75) is 13.3 Å². The second-order valence-electron chi connectivity index (χ2n) is 4.48. The Hall–Kier alpha value is -2.28. The third-order valence-corrected chi connectivity index (χ3v) is 3.24. The number of benzene rings is 1. The van der Waals surface area contributed by atoms with Gasteiger partial charge in [-0.1, -0.05) is 25.2 Å². The molecule has 0 atom stereocenters. The van der Waals surface area contributed by atoms with Crippen LogP contribution in [-0.4, -0.2) is 20.7 Å².